The van der Waals surface area contributed by atoms with Gasteiger partial charge in [-0.25, -0.2) is 9.67 Å². The van der Waals surface area contributed by atoms with Gasteiger partial charge in [-0.05, 0) is 38.5 Å². The fourth-order valence-corrected chi connectivity index (χ4v) is 2.89. The van der Waals surface area contributed by atoms with Gasteiger partial charge in [0, 0.05) is 19.1 Å². The Bertz CT molecular complexity index is 543. The van der Waals surface area contributed by atoms with E-state index < -0.39 is 0 Å². The first kappa shape index (κ1) is 19.9. The lowest BCUT2D eigenvalue weighted by atomic mass is 9.83. The molecule has 1 aromatic heterocycles. The highest BCUT2D eigenvalue weighted by Crippen LogP contribution is 2.30. The number of hydrogen-bond acceptors (Lipinski definition) is 4. The van der Waals surface area contributed by atoms with Crippen molar-refractivity contribution >= 4 is 18.3 Å². The normalized spacial score (nSPS) is 22.1. The summed E-state index contributed by atoms with van der Waals surface area (Å²) in [6.07, 6.45) is 2.64. The van der Waals surface area contributed by atoms with Gasteiger partial charge in [0.25, 0.3) is 5.91 Å². The number of carbonyl (C=O) groups excluding carboxylic acids is 1. The third-order valence-electron chi connectivity index (χ3n) is 4.02. The van der Waals surface area contributed by atoms with Crippen LogP contribution in [0.2, 0.25) is 0 Å². The van der Waals surface area contributed by atoms with E-state index in [2.05, 4.69) is 30.9 Å². The summed E-state index contributed by atoms with van der Waals surface area (Å²) in [6, 6.07) is 0.0351. The number of nitrogens with two attached hydrogens (primary N) is 1. The van der Waals surface area contributed by atoms with Crippen molar-refractivity contribution < 1.29 is 4.79 Å². The lowest BCUT2D eigenvalue weighted by molar-refractivity contribution is 0.0769. The van der Waals surface area contributed by atoms with Crippen LogP contribution in [-0.4, -0.2) is 44.7 Å². The predicted octanol–water partition coefficient (Wildman–Crippen LogP) is 2.29. The highest BCUT2D eigenvalue weighted by atomic mass is 35.5. The topological polar surface area (TPSA) is 77.0 Å². The van der Waals surface area contributed by atoms with Crippen molar-refractivity contribution in [1.82, 2.24) is 19.7 Å². The van der Waals surface area contributed by atoms with Gasteiger partial charge >= 0.3 is 0 Å². The van der Waals surface area contributed by atoms with Crippen molar-refractivity contribution in [2.45, 2.75) is 59.5 Å². The summed E-state index contributed by atoms with van der Waals surface area (Å²) in [5.74, 6) is 0.488. The van der Waals surface area contributed by atoms with Gasteiger partial charge in [-0.3, -0.25) is 4.79 Å². The largest absolute Gasteiger partial charge is 0.334 e. The quantitative estimate of drug-likeness (QED) is 0.893. The van der Waals surface area contributed by atoms with Crippen molar-refractivity contribution in [1.29, 1.82) is 0 Å². The van der Waals surface area contributed by atoms with Crippen LogP contribution in [0, 0.1) is 11.3 Å². The number of amides is 1. The van der Waals surface area contributed by atoms with E-state index in [-0.39, 0.29) is 41.1 Å². The Morgan fingerprint density at radius 3 is 2.35 bits per heavy atom. The second-order valence-electron chi connectivity index (χ2n) is 8.58. The maximum absolute atomic E-state index is 12.6. The summed E-state index contributed by atoms with van der Waals surface area (Å²) >= 11 is 0. The van der Waals surface area contributed by atoms with Gasteiger partial charge in [-0.15, -0.1) is 17.5 Å². The molecule has 2 rings (SSSR count). The van der Waals surface area contributed by atoms with E-state index in [1.54, 1.807) is 15.9 Å². The second-order valence-corrected chi connectivity index (χ2v) is 8.58. The van der Waals surface area contributed by atoms with Gasteiger partial charge in [-0.2, -0.15) is 0 Å². The average molecular weight is 344 g/mol. The molecule has 132 valence electrons. The molecule has 1 aromatic rings. The smallest absolute Gasteiger partial charge is 0.293 e. The fourth-order valence-electron chi connectivity index (χ4n) is 2.89. The summed E-state index contributed by atoms with van der Waals surface area (Å²) in [7, 11) is 0. The number of rotatable bonds is 2. The molecule has 0 bridgehead atoms. The van der Waals surface area contributed by atoms with Crippen LogP contribution in [0.25, 0.3) is 0 Å². The molecule has 2 unspecified atom stereocenters. The zero-order valence-corrected chi connectivity index (χ0v) is 15.9. The molecule has 1 amide bonds. The molecule has 2 N–H and O–H groups in total. The van der Waals surface area contributed by atoms with Crippen molar-refractivity contribution in [3.8, 4) is 0 Å². The molecule has 0 aliphatic carbocycles. The van der Waals surface area contributed by atoms with Crippen LogP contribution in [0.4, 0.5) is 0 Å². The minimum Gasteiger partial charge on any atom is -0.334 e. The van der Waals surface area contributed by atoms with Crippen molar-refractivity contribution in [2.75, 3.05) is 13.1 Å². The first-order valence-corrected chi connectivity index (χ1v) is 7.94. The number of hydrogen-bond donors (Lipinski definition) is 1. The Kier molecular flexibility index (Phi) is 5.86. The summed E-state index contributed by atoms with van der Waals surface area (Å²) in [4.78, 5) is 18.5. The van der Waals surface area contributed by atoms with Crippen LogP contribution < -0.4 is 5.73 Å². The number of aromatic nitrogens is 3. The summed E-state index contributed by atoms with van der Waals surface area (Å²) < 4.78 is 1.73. The monoisotopic (exact) mass is 343 g/mol. The van der Waals surface area contributed by atoms with Crippen LogP contribution in [0.3, 0.4) is 0 Å². The molecule has 2 atom stereocenters. The fraction of sp³-hybridized carbons (Fsp3) is 0.812. The maximum atomic E-state index is 12.6. The Morgan fingerprint density at radius 1 is 1.26 bits per heavy atom. The van der Waals surface area contributed by atoms with E-state index in [9.17, 15) is 4.79 Å². The first-order chi connectivity index (χ1) is 9.97. The van der Waals surface area contributed by atoms with Crippen LogP contribution in [-0.2, 0) is 5.54 Å². The van der Waals surface area contributed by atoms with Crippen LogP contribution >= 0.6 is 12.4 Å². The Hall–Kier alpha value is -1.14. The molecular weight excluding hydrogens is 314 g/mol. The minimum atomic E-state index is -0.179. The average Bonchev–Trinajstić information content (AvgIpc) is 2.94. The Morgan fingerprint density at radius 2 is 1.87 bits per heavy atom. The van der Waals surface area contributed by atoms with E-state index >= 15 is 0 Å². The van der Waals surface area contributed by atoms with Crippen LogP contribution in [0.5, 0.6) is 0 Å². The van der Waals surface area contributed by atoms with Crippen molar-refractivity contribution in [3.05, 3.63) is 12.2 Å². The molecule has 1 saturated heterocycles. The summed E-state index contributed by atoms with van der Waals surface area (Å²) in [5, 5.41) is 4.32. The highest BCUT2D eigenvalue weighted by molar-refractivity contribution is 5.90. The zero-order chi connectivity index (χ0) is 16.7. The van der Waals surface area contributed by atoms with Gasteiger partial charge in [0.15, 0.2) is 0 Å². The number of halogens is 1. The zero-order valence-electron chi connectivity index (χ0n) is 15.0. The number of carbonyl (C=O) groups is 1. The van der Waals surface area contributed by atoms with E-state index in [0.717, 1.165) is 6.42 Å². The number of likely N-dealkylation sites (tertiary alicyclic amines) is 1. The predicted molar refractivity (Wildman–Crippen MR) is 93.7 cm³/mol. The molecule has 1 aliphatic rings. The lowest BCUT2D eigenvalue weighted by Crippen LogP contribution is -2.33. The van der Waals surface area contributed by atoms with Crippen molar-refractivity contribution in [2.24, 2.45) is 17.1 Å². The lowest BCUT2D eigenvalue weighted by Gasteiger charge is -2.24. The van der Waals surface area contributed by atoms with Gasteiger partial charge < -0.3 is 10.6 Å². The molecule has 2 heterocycles. The molecule has 1 fully saturated rings. The summed E-state index contributed by atoms with van der Waals surface area (Å²) in [6.45, 7) is 14.0. The number of nitrogens with zero attached hydrogens (tertiary/aromatic N) is 4. The molecule has 1 aliphatic heterocycles. The van der Waals surface area contributed by atoms with E-state index in [1.807, 2.05) is 20.8 Å². The molecule has 23 heavy (non-hydrogen) atoms. The molecule has 0 saturated carbocycles. The standard InChI is InChI=1S/C16H29N5O.ClH/c1-15(2,3)7-11-8-20(9-12(11)17)14(22)13-18-10-21(19-13)16(4,5)6;/h10-12H,7-9,17H2,1-6H3;1H. The van der Waals surface area contributed by atoms with Gasteiger partial charge in [-0.1, -0.05) is 20.8 Å². The molecule has 0 radical (unpaired) electrons. The molecule has 0 spiro atoms. The third kappa shape index (κ3) is 4.91. The van der Waals surface area contributed by atoms with Crippen LogP contribution in [0.15, 0.2) is 6.33 Å². The highest BCUT2D eigenvalue weighted by Gasteiger charge is 2.36. The third-order valence-corrected chi connectivity index (χ3v) is 4.02. The Balaban J connectivity index is 0.00000264. The SMILES string of the molecule is CC(C)(C)CC1CN(C(=O)c2ncn(C(C)(C)C)n2)CC1N.Cl. The minimum absolute atomic E-state index is 0. The van der Waals surface area contributed by atoms with Gasteiger partial charge in [0.05, 0.1) is 5.54 Å². The van der Waals surface area contributed by atoms with E-state index in [0.29, 0.717) is 19.0 Å². The Labute approximate surface area is 145 Å². The maximum Gasteiger partial charge on any atom is 0.293 e. The van der Waals surface area contributed by atoms with Crippen molar-refractivity contribution in [3.63, 3.8) is 0 Å². The molecule has 6 nitrogen and oxygen atoms in total. The van der Waals surface area contributed by atoms with E-state index in [4.69, 9.17) is 5.73 Å². The van der Waals surface area contributed by atoms with Crippen LogP contribution in [0.1, 0.15) is 58.6 Å². The second kappa shape index (κ2) is 6.77. The van der Waals surface area contributed by atoms with E-state index in [1.165, 1.54) is 0 Å². The summed E-state index contributed by atoms with van der Waals surface area (Å²) in [5.41, 5.74) is 6.26. The first-order valence-electron chi connectivity index (χ1n) is 7.94. The van der Waals surface area contributed by atoms with Gasteiger partial charge in [0.2, 0.25) is 5.82 Å². The molecule has 0 aromatic carbocycles. The molecular formula is C16H30ClN5O. The van der Waals surface area contributed by atoms with Gasteiger partial charge in [0.1, 0.15) is 6.33 Å². The molecule has 7 heteroatoms.